The van der Waals surface area contributed by atoms with E-state index in [4.69, 9.17) is 0 Å². The summed E-state index contributed by atoms with van der Waals surface area (Å²) in [4.78, 5) is 4.48. The Morgan fingerprint density at radius 2 is 2.00 bits per heavy atom. The zero-order valence-electron chi connectivity index (χ0n) is 13.8. The van der Waals surface area contributed by atoms with Crippen LogP contribution >= 0.6 is 0 Å². The highest BCUT2D eigenvalue weighted by Gasteiger charge is 2.14. The average molecular weight is 325 g/mol. The largest absolute Gasteiger partial charge is 0.392 e. The molecule has 0 bridgehead atoms. The lowest BCUT2D eigenvalue weighted by Gasteiger charge is -2.12. The SMILES string of the molecule is CCc1cc(Cc2cccnc2-c2ccc(F)cc2CO)n(C)n1. The quantitative estimate of drug-likeness (QED) is 0.783. The molecule has 0 aliphatic heterocycles. The van der Waals surface area contributed by atoms with Crippen molar-refractivity contribution in [3.63, 3.8) is 0 Å². The summed E-state index contributed by atoms with van der Waals surface area (Å²) >= 11 is 0. The van der Waals surface area contributed by atoms with Crippen molar-refractivity contribution in [3.8, 4) is 11.3 Å². The first-order chi connectivity index (χ1) is 11.6. The first kappa shape index (κ1) is 16.3. The van der Waals surface area contributed by atoms with E-state index in [0.717, 1.165) is 34.6 Å². The summed E-state index contributed by atoms with van der Waals surface area (Å²) in [6.07, 6.45) is 3.28. The van der Waals surface area contributed by atoms with Crippen LogP contribution in [0.2, 0.25) is 0 Å². The van der Waals surface area contributed by atoms with Gasteiger partial charge in [0.2, 0.25) is 0 Å². The Labute approximate surface area is 140 Å². The molecule has 0 spiro atoms. The van der Waals surface area contributed by atoms with Gasteiger partial charge in [0.1, 0.15) is 5.82 Å². The number of benzene rings is 1. The Morgan fingerprint density at radius 1 is 1.17 bits per heavy atom. The summed E-state index contributed by atoms with van der Waals surface area (Å²) in [5, 5.41) is 14.0. The van der Waals surface area contributed by atoms with Crippen LogP contribution in [0, 0.1) is 5.82 Å². The second kappa shape index (κ2) is 6.93. The molecule has 4 nitrogen and oxygen atoms in total. The molecule has 24 heavy (non-hydrogen) atoms. The number of aliphatic hydroxyl groups is 1. The van der Waals surface area contributed by atoms with Crippen LogP contribution in [0.5, 0.6) is 0 Å². The predicted octanol–water partition coefficient (Wildman–Crippen LogP) is 3.27. The Balaban J connectivity index is 2.04. The summed E-state index contributed by atoms with van der Waals surface area (Å²) < 4.78 is 15.3. The Kier molecular flexibility index (Phi) is 4.71. The second-order valence-corrected chi connectivity index (χ2v) is 5.75. The van der Waals surface area contributed by atoms with Crippen molar-refractivity contribution in [3.05, 3.63) is 70.9 Å². The molecule has 0 aliphatic rings. The van der Waals surface area contributed by atoms with Crippen molar-refractivity contribution in [1.29, 1.82) is 0 Å². The van der Waals surface area contributed by atoms with Gasteiger partial charge in [0.15, 0.2) is 0 Å². The molecule has 1 aromatic carbocycles. The van der Waals surface area contributed by atoms with Crippen molar-refractivity contribution < 1.29 is 9.50 Å². The molecule has 2 aromatic heterocycles. The first-order valence-electron chi connectivity index (χ1n) is 7.97. The van der Waals surface area contributed by atoms with Crippen LogP contribution in [0.15, 0.2) is 42.6 Å². The number of hydrogen-bond acceptors (Lipinski definition) is 3. The maximum Gasteiger partial charge on any atom is 0.123 e. The van der Waals surface area contributed by atoms with Crippen LogP contribution in [-0.2, 0) is 26.5 Å². The van der Waals surface area contributed by atoms with Crippen molar-refractivity contribution in [1.82, 2.24) is 14.8 Å². The lowest BCUT2D eigenvalue weighted by Crippen LogP contribution is -2.02. The van der Waals surface area contributed by atoms with Crippen molar-refractivity contribution in [2.24, 2.45) is 7.05 Å². The van der Waals surface area contributed by atoms with Crippen molar-refractivity contribution in [2.75, 3.05) is 0 Å². The fraction of sp³-hybridized carbons (Fsp3) is 0.263. The van der Waals surface area contributed by atoms with Gasteiger partial charge >= 0.3 is 0 Å². The molecule has 5 heteroatoms. The maximum absolute atomic E-state index is 13.4. The highest BCUT2D eigenvalue weighted by atomic mass is 19.1. The van der Waals surface area contributed by atoms with E-state index >= 15 is 0 Å². The number of halogens is 1. The molecular formula is C19H20FN3O. The summed E-state index contributed by atoms with van der Waals surface area (Å²) in [6, 6.07) is 10.4. The molecule has 0 radical (unpaired) electrons. The third-order valence-corrected chi connectivity index (χ3v) is 4.15. The fourth-order valence-corrected chi connectivity index (χ4v) is 2.85. The molecule has 0 aliphatic carbocycles. The Hall–Kier alpha value is -2.53. The molecule has 0 amide bonds. The van der Waals surface area contributed by atoms with Crippen LogP contribution in [0.4, 0.5) is 4.39 Å². The average Bonchev–Trinajstić information content (AvgIpc) is 2.95. The summed E-state index contributed by atoms with van der Waals surface area (Å²) in [5.41, 5.74) is 5.22. The molecule has 1 N–H and O–H groups in total. The predicted molar refractivity (Wildman–Crippen MR) is 90.9 cm³/mol. The van der Waals surface area contributed by atoms with Gasteiger partial charge in [-0.25, -0.2) is 4.39 Å². The molecule has 3 rings (SSSR count). The molecule has 0 saturated heterocycles. The number of aryl methyl sites for hydroxylation is 2. The number of aromatic nitrogens is 3. The van der Waals surface area contributed by atoms with Gasteiger partial charge < -0.3 is 5.11 Å². The minimum atomic E-state index is -0.362. The lowest BCUT2D eigenvalue weighted by molar-refractivity contribution is 0.281. The topological polar surface area (TPSA) is 50.9 Å². The number of hydrogen-bond donors (Lipinski definition) is 1. The minimum Gasteiger partial charge on any atom is -0.392 e. The van der Waals surface area contributed by atoms with Crippen LogP contribution < -0.4 is 0 Å². The minimum absolute atomic E-state index is 0.227. The van der Waals surface area contributed by atoms with Gasteiger partial charge in [0.05, 0.1) is 18.0 Å². The molecule has 3 aromatic rings. The fourth-order valence-electron chi connectivity index (χ4n) is 2.85. The van der Waals surface area contributed by atoms with Gasteiger partial charge in [-0.1, -0.05) is 13.0 Å². The molecule has 2 heterocycles. The molecule has 124 valence electrons. The van der Waals surface area contributed by atoms with E-state index in [0.29, 0.717) is 12.0 Å². The van der Waals surface area contributed by atoms with E-state index in [9.17, 15) is 9.50 Å². The first-order valence-corrected chi connectivity index (χ1v) is 7.97. The van der Waals surface area contributed by atoms with Gasteiger partial charge in [0, 0.05) is 30.9 Å². The smallest absolute Gasteiger partial charge is 0.123 e. The second-order valence-electron chi connectivity index (χ2n) is 5.75. The van der Waals surface area contributed by atoms with Gasteiger partial charge in [-0.2, -0.15) is 5.10 Å². The highest BCUT2D eigenvalue weighted by molar-refractivity contribution is 5.67. The normalized spacial score (nSPS) is 11.0. The zero-order valence-corrected chi connectivity index (χ0v) is 13.8. The van der Waals surface area contributed by atoms with Gasteiger partial charge in [-0.15, -0.1) is 0 Å². The third kappa shape index (κ3) is 3.21. The van der Waals surface area contributed by atoms with Crippen molar-refractivity contribution >= 4 is 0 Å². The number of aliphatic hydroxyl groups excluding tert-OH is 1. The number of pyridine rings is 1. The molecule has 0 fully saturated rings. The summed E-state index contributed by atoms with van der Waals surface area (Å²) in [7, 11) is 1.93. The Morgan fingerprint density at radius 3 is 2.71 bits per heavy atom. The van der Waals surface area contributed by atoms with E-state index in [1.807, 2.05) is 23.9 Å². The highest BCUT2D eigenvalue weighted by Crippen LogP contribution is 2.27. The maximum atomic E-state index is 13.4. The van der Waals surface area contributed by atoms with Crippen LogP contribution in [0.3, 0.4) is 0 Å². The number of rotatable bonds is 5. The van der Waals surface area contributed by atoms with Gasteiger partial charge in [0.25, 0.3) is 0 Å². The lowest BCUT2D eigenvalue weighted by atomic mass is 9.98. The zero-order chi connectivity index (χ0) is 17.1. The summed E-state index contributed by atoms with van der Waals surface area (Å²) in [5.74, 6) is -0.362. The molecule has 0 saturated carbocycles. The monoisotopic (exact) mass is 325 g/mol. The van der Waals surface area contributed by atoms with Gasteiger partial charge in [-0.3, -0.25) is 9.67 Å². The van der Waals surface area contributed by atoms with E-state index in [2.05, 4.69) is 23.1 Å². The Bertz CT molecular complexity index is 858. The van der Waals surface area contributed by atoms with E-state index < -0.39 is 0 Å². The number of nitrogens with zero attached hydrogens (tertiary/aromatic N) is 3. The van der Waals surface area contributed by atoms with Crippen LogP contribution in [0.25, 0.3) is 11.3 Å². The molecule has 0 atom stereocenters. The van der Waals surface area contributed by atoms with E-state index in [1.54, 1.807) is 12.3 Å². The standard InChI is InChI=1S/C19H20FN3O/c1-3-16-11-17(23(2)22-16)10-13-5-4-8-21-19(13)18-7-6-15(20)9-14(18)12-24/h4-9,11,24H,3,10,12H2,1-2H3. The third-order valence-electron chi connectivity index (χ3n) is 4.15. The van der Waals surface area contributed by atoms with Crippen LogP contribution in [-0.4, -0.2) is 19.9 Å². The van der Waals surface area contributed by atoms with Crippen molar-refractivity contribution in [2.45, 2.75) is 26.4 Å². The van der Waals surface area contributed by atoms with Crippen LogP contribution in [0.1, 0.15) is 29.4 Å². The molecular weight excluding hydrogens is 305 g/mol. The van der Waals surface area contributed by atoms with E-state index in [1.165, 1.54) is 12.1 Å². The summed E-state index contributed by atoms with van der Waals surface area (Å²) in [6.45, 7) is 1.85. The van der Waals surface area contributed by atoms with E-state index in [-0.39, 0.29) is 12.4 Å². The van der Waals surface area contributed by atoms with Gasteiger partial charge in [-0.05, 0) is 47.9 Å². The molecule has 0 unspecified atom stereocenters.